The Bertz CT molecular complexity index is 388. The predicted octanol–water partition coefficient (Wildman–Crippen LogP) is 3.17. The molecule has 0 amide bonds. The molecule has 1 aromatic rings. The molecule has 1 aliphatic rings. The molecule has 1 aromatic heterocycles. The molecule has 0 aromatic carbocycles. The standard InChI is InChI=1S/C10H11Cl2N3/c1-6(11)5-13-9-4-8(12)14-10(15-9)7-2-3-7/h4,7H,1-3,5H2,(H,13,14,15). The number of hydrogen-bond donors (Lipinski definition) is 1. The summed E-state index contributed by atoms with van der Waals surface area (Å²) in [4.78, 5) is 8.54. The van der Waals surface area contributed by atoms with Crippen molar-refractivity contribution in [1.29, 1.82) is 0 Å². The highest BCUT2D eigenvalue weighted by atomic mass is 35.5. The number of nitrogens with one attached hydrogen (secondary N) is 1. The number of halogens is 2. The van der Waals surface area contributed by atoms with E-state index in [2.05, 4.69) is 21.9 Å². The number of anilines is 1. The Balaban J connectivity index is 2.12. The van der Waals surface area contributed by atoms with Gasteiger partial charge in [0.2, 0.25) is 0 Å². The number of hydrogen-bond acceptors (Lipinski definition) is 3. The van der Waals surface area contributed by atoms with Crippen LogP contribution in [0.15, 0.2) is 17.7 Å². The third-order valence-electron chi connectivity index (χ3n) is 2.12. The van der Waals surface area contributed by atoms with Gasteiger partial charge in [-0.25, -0.2) is 9.97 Å². The minimum Gasteiger partial charge on any atom is -0.365 e. The Morgan fingerprint density at radius 3 is 2.87 bits per heavy atom. The van der Waals surface area contributed by atoms with Crippen molar-refractivity contribution >= 4 is 29.0 Å². The van der Waals surface area contributed by atoms with Gasteiger partial charge in [0.15, 0.2) is 0 Å². The second kappa shape index (κ2) is 4.37. The van der Waals surface area contributed by atoms with Gasteiger partial charge in [0, 0.05) is 17.0 Å². The molecule has 2 rings (SSSR count). The Morgan fingerprint density at radius 2 is 2.27 bits per heavy atom. The molecule has 0 aliphatic heterocycles. The molecule has 0 spiro atoms. The summed E-state index contributed by atoms with van der Waals surface area (Å²) in [6.07, 6.45) is 2.31. The maximum atomic E-state index is 5.89. The summed E-state index contributed by atoms with van der Waals surface area (Å²) in [5.41, 5.74) is 0. The first-order valence-corrected chi connectivity index (χ1v) is 5.52. The van der Waals surface area contributed by atoms with E-state index in [9.17, 15) is 0 Å². The maximum Gasteiger partial charge on any atom is 0.135 e. The summed E-state index contributed by atoms with van der Waals surface area (Å²) in [5, 5.41) is 4.05. The molecule has 1 saturated carbocycles. The minimum atomic E-state index is 0.467. The molecule has 15 heavy (non-hydrogen) atoms. The molecule has 0 bridgehead atoms. The van der Waals surface area contributed by atoms with Gasteiger partial charge < -0.3 is 5.32 Å². The Morgan fingerprint density at radius 1 is 1.53 bits per heavy atom. The van der Waals surface area contributed by atoms with Gasteiger partial charge in [-0.15, -0.1) is 0 Å². The largest absolute Gasteiger partial charge is 0.365 e. The summed E-state index contributed by atoms with van der Waals surface area (Å²) in [5.74, 6) is 2.02. The lowest BCUT2D eigenvalue weighted by atomic mass is 10.4. The molecule has 0 saturated heterocycles. The number of nitrogens with zero attached hydrogens (tertiary/aromatic N) is 2. The van der Waals surface area contributed by atoms with Crippen LogP contribution in [-0.2, 0) is 0 Å². The van der Waals surface area contributed by atoms with Gasteiger partial charge in [-0.2, -0.15) is 0 Å². The summed E-state index contributed by atoms with van der Waals surface area (Å²) in [7, 11) is 0. The summed E-state index contributed by atoms with van der Waals surface area (Å²) >= 11 is 11.5. The van der Waals surface area contributed by atoms with E-state index in [4.69, 9.17) is 23.2 Å². The lowest BCUT2D eigenvalue weighted by molar-refractivity contribution is 0.926. The van der Waals surface area contributed by atoms with Crippen molar-refractivity contribution in [3.63, 3.8) is 0 Å². The van der Waals surface area contributed by atoms with Crippen LogP contribution >= 0.6 is 23.2 Å². The summed E-state index contributed by atoms with van der Waals surface area (Å²) < 4.78 is 0. The van der Waals surface area contributed by atoms with Crippen LogP contribution in [0.2, 0.25) is 5.15 Å². The fraction of sp³-hybridized carbons (Fsp3) is 0.400. The van der Waals surface area contributed by atoms with Crippen LogP contribution in [0.5, 0.6) is 0 Å². The van der Waals surface area contributed by atoms with Crippen molar-refractivity contribution in [2.24, 2.45) is 0 Å². The predicted molar refractivity (Wildman–Crippen MR) is 62.5 cm³/mol. The molecule has 1 heterocycles. The van der Waals surface area contributed by atoms with E-state index < -0.39 is 0 Å². The Labute approximate surface area is 98.5 Å². The van der Waals surface area contributed by atoms with Gasteiger partial charge in [0.05, 0.1) is 6.54 Å². The molecular weight excluding hydrogens is 233 g/mol. The average Bonchev–Trinajstić information content (AvgIpc) is 2.97. The molecule has 0 radical (unpaired) electrons. The van der Waals surface area contributed by atoms with Gasteiger partial charge in [-0.3, -0.25) is 0 Å². The van der Waals surface area contributed by atoms with Crippen molar-refractivity contribution in [2.75, 3.05) is 11.9 Å². The van der Waals surface area contributed by atoms with Crippen molar-refractivity contribution in [1.82, 2.24) is 9.97 Å². The molecular formula is C10H11Cl2N3. The zero-order valence-corrected chi connectivity index (χ0v) is 9.65. The van der Waals surface area contributed by atoms with Crippen molar-refractivity contribution in [3.05, 3.63) is 28.7 Å². The smallest absolute Gasteiger partial charge is 0.135 e. The average molecular weight is 244 g/mol. The van der Waals surface area contributed by atoms with Crippen molar-refractivity contribution in [3.8, 4) is 0 Å². The van der Waals surface area contributed by atoms with E-state index in [0.717, 1.165) is 18.7 Å². The zero-order valence-electron chi connectivity index (χ0n) is 8.13. The molecule has 1 fully saturated rings. The molecule has 80 valence electrons. The number of aromatic nitrogens is 2. The number of rotatable bonds is 4. The van der Waals surface area contributed by atoms with Crippen LogP contribution in [0.1, 0.15) is 24.6 Å². The van der Waals surface area contributed by atoms with E-state index in [-0.39, 0.29) is 0 Å². The first-order chi connectivity index (χ1) is 7.15. The van der Waals surface area contributed by atoms with Gasteiger partial charge in [0.1, 0.15) is 16.8 Å². The molecule has 1 aliphatic carbocycles. The molecule has 0 unspecified atom stereocenters. The first-order valence-electron chi connectivity index (χ1n) is 4.77. The fourth-order valence-corrected chi connectivity index (χ4v) is 1.49. The van der Waals surface area contributed by atoms with Crippen LogP contribution in [0.3, 0.4) is 0 Å². The summed E-state index contributed by atoms with van der Waals surface area (Å²) in [6.45, 7) is 4.07. The lowest BCUT2D eigenvalue weighted by Crippen LogP contribution is -2.05. The fourth-order valence-electron chi connectivity index (χ4n) is 1.24. The highest BCUT2D eigenvalue weighted by molar-refractivity contribution is 6.30. The van der Waals surface area contributed by atoms with E-state index in [0.29, 0.717) is 28.5 Å². The van der Waals surface area contributed by atoms with E-state index in [1.165, 1.54) is 0 Å². The Hall–Kier alpha value is -0.800. The summed E-state index contributed by atoms with van der Waals surface area (Å²) in [6, 6.07) is 1.69. The Kier molecular flexibility index (Phi) is 3.12. The van der Waals surface area contributed by atoms with Gasteiger partial charge in [0.25, 0.3) is 0 Å². The molecule has 5 heteroatoms. The second-order valence-corrected chi connectivity index (χ2v) is 4.50. The van der Waals surface area contributed by atoms with Crippen LogP contribution < -0.4 is 5.32 Å². The first kappa shape index (κ1) is 10.7. The third kappa shape index (κ3) is 3.08. The van der Waals surface area contributed by atoms with Gasteiger partial charge in [-0.1, -0.05) is 29.8 Å². The monoisotopic (exact) mass is 243 g/mol. The lowest BCUT2D eigenvalue weighted by Gasteiger charge is -2.06. The van der Waals surface area contributed by atoms with Crippen LogP contribution in [-0.4, -0.2) is 16.5 Å². The van der Waals surface area contributed by atoms with E-state index in [1.807, 2.05) is 0 Å². The second-order valence-electron chi connectivity index (χ2n) is 3.58. The van der Waals surface area contributed by atoms with Crippen LogP contribution in [0.25, 0.3) is 0 Å². The normalized spacial score (nSPS) is 15.1. The van der Waals surface area contributed by atoms with Crippen LogP contribution in [0, 0.1) is 0 Å². The third-order valence-corrected chi connectivity index (χ3v) is 2.44. The van der Waals surface area contributed by atoms with Crippen molar-refractivity contribution < 1.29 is 0 Å². The minimum absolute atomic E-state index is 0.467. The highest BCUT2D eigenvalue weighted by Gasteiger charge is 2.27. The van der Waals surface area contributed by atoms with E-state index in [1.54, 1.807) is 6.07 Å². The maximum absolute atomic E-state index is 5.89. The molecule has 3 nitrogen and oxygen atoms in total. The molecule has 0 atom stereocenters. The highest BCUT2D eigenvalue weighted by Crippen LogP contribution is 2.38. The molecule has 1 N–H and O–H groups in total. The van der Waals surface area contributed by atoms with Crippen molar-refractivity contribution in [2.45, 2.75) is 18.8 Å². The topological polar surface area (TPSA) is 37.8 Å². The van der Waals surface area contributed by atoms with Crippen LogP contribution in [0.4, 0.5) is 5.82 Å². The quantitative estimate of drug-likeness (QED) is 0.826. The SMILES string of the molecule is C=C(Cl)CNc1cc(Cl)nc(C2CC2)n1. The van der Waals surface area contributed by atoms with Gasteiger partial charge in [-0.05, 0) is 12.8 Å². The zero-order chi connectivity index (χ0) is 10.8. The van der Waals surface area contributed by atoms with E-state index >= 15 is 0 Å². The van der Waals surface area contributed by atoms with Gasteiger partial charge >= 0.3 is 0 Å².